The van der Waals surface area contributed by atoms with Crippen molar-refractivity contribution < 1.29 is 14.4 Å². The van der Waals surface area contributed by atoms with Crippen LogP contribution in [-0.2, 0) is 0 Å². The van der Waals surface area contributed by atoms with Crippen molar-refractivity contribution >= 4 is 11.4 Å². The molecule has 0 amide bonds. The molecular weight excluding hydrogens is 332 g/mol. The van der Waals surface area contributed by atoms with Gasteiger partial charge in [0.25, 0.3) is 0 Å². The third-order valence-electron chi connectivity index (χ3n) is 5.34. The lowest BCUT2D eigenvalue weighted by molar-refractivity contribution is -0.385. The minimum absolute atomic E-state index is 0.0138. The highest BCUT2D eigenvalue weighted by molar-refractivity contribution is 5.68. The molecule has 3 atom stereocenters. The van der Waals surface area contributed by atoms with E-state index in [1.54, 1.807) is 19.2 Å². The summed E-state index contributed by atoms with van der Waals surface area (Å²) in [7, 11) is 3.10. The highest BCUT2D eigenvalue weighted by Gasteiger charge is 2.39. The molecule has 1 aliphatic carbocycles. The second-order valence-corrected chi connectivity index (χ2v) is 6.59. The molecule has 1 N–H and O–H groups in total. The van der Waals surface area contributed by atoms with Gasteiger partial charge in [0.05, 0.1) is 30.9 Å². The summed E-state index contributed by atoms with van der Waals surface area (Å²) in [6.45, 7) is 0. The predicted octanol–water partition coefficient (Wildman–Crippen LogP) is 4.44. The monoisotopic (exact) mass is 352 g/mol. The number of nitro groups is 1. The summed E-state index contributed by atoms with van der Waals surface area (Å²) in [6.07, 6.45) is 5.35. The van der Waals surface area contributed by atoms with Crippen molar-refractivity contribution in [2.24, 2.45) is 5.92 Å². The topological polar surface area (TPSA) is 73.6 Å². The number of methoxy groups -OCH3 is 2. The van der Waals surface area contributed by atoms with Crippen LogP contribution < -0.4 is 14.8 Å². The summed E-state index contributed by atoms with van der Waals surface area (Å²) >= 11 is 0. The van der Waals surface area contributed by atoms with Gasteiger partial charge in [0.1, 0.15) is 5.75 Å². The first-order valence-corrected chi connectivity index (χ1v) is 8.56. The average molecular weight is 352 g/mol. The second-order valence-electron chi connectivity index (χ2n) is 6.59. The van der Waals surface area contributed by atoms with Gasteiger partial charge in [0, 0.05) is 12.0 Å². The van der Waals surface area contributed by atoms with Crippen molar-refractivity contribution in [2.75, 3.05) is 19.5 Å². The van der Waals surface area contributed by atoms with Crippen molar-refractivity contribution in [1.29, 1.82) is 0 Å². The molecule has 0 spiro atoms. The molecule has 0 saturated heterocycles. The Labute approximate surface area is 151 Å². The first kappa shape index (κ1) is 16.4. The zero-order valence-electron chi connectivity index (χ0n) is 14.6. The zero-order chi connectivity index (χ0) is 18.3. The number of ether oxygens (including phenoxy) is 2. The Morgan fingerprint density at radius 3 is 2.69 bits per heavy atom. The van der Waals surface area contributed by atoms with E-state index < -0.39 is 4.92 Å². The number of hydrogen-bond donors (Lipinski definition) is 1. The highest BCUT2D eigenvalue weighted by Crippen LogP contribution is 2.52. The van der Waals surface area contributed by atoms with Crippen LogP contribution in [0.25, 0.3) is 0 Å². The van der Waals surface area contributed by atoms with Gasteiger partial charge in [-0.15, -0.1) is 0 Å². The average Bonchev–Trinajstić information content (AvgIpc) is 3.16. The van der Waals surface area contributed by atoms with Crippen molar-refractivity contribution in [1.82, 2.24) is 0 Å². The fraction of sp³-hybridized carbons (Fsp3) is 0.300. The number of nitrogens with one attached hydrogen (secondary N) is 1. The Balaban J connectivity index is 1.80. The van der Waals surface area contributed by atoms with E-state index >= 15 is 0 Å². The molecule has 0 unspecified atom stereocenters. The number of hydrogen-bond acceptors (Lipinski definition) is 5. The van der Waals surface area contributed by atoms with Crippen LogP contribution in [0, 0.1) is 16.0 Å². The van der Waals surface area contributed by atoms with Gasteiger partial charge < -0.3 is 14.8 Å². The van der Waals surface area contributed by atoms with Gasteiger partial charge in [0.2, 0.25) is 0 Å². The van der Waals surface area contributed by atoms with E-state index in [0.29, 0.717) is 5.92 Å². The lowest BCUT2D eigenvalue weighted by Crippen LogP contribution is -2.29. The molecule has 1 aliphatic heterocycles. The molecule has 0 aromatic heterocycles. The van der Waals surface area contributed by atoms with Crippen LogP contribution in [-0.4, -0.2) is 19.1 Å². The maximum atomic E-state index is 11.4. The molecule has 2 aromatic rings. The van der Waals surface area contributed by atoms with Crippen LogP contribution in [0.3, 0.4) is 0 Å². The number of allylic oxidation sites excluding steroid dienone is 2. The van der Waals surface area contributed by atoms with Crippen molar-refractivity contribution in [3.63, 3.8) is 0 Å². The number of fused-ring (bicyclic) bond motifs is 3. The SMILES string of the molecule is COc1ccc([C@@H]2Nc3c(OC)cccc3[C@@H]3C=CC[C@H]32)cc1[N+](=O)[O-]. The maximum absolute atomic E-state index is 11.4. The van der Waals surface area contributed by atoms with Crippen molar-refractivity contribution in [3.8, 4) is 11.5 Å². The zero-order valence-corrected chi connectivity index (χ0v) is 14.6. The normalized spacial score (nSPS) is 22.9. The quantitative estimate of drug-likeness (QED) is 0.500. The lowest BCUT2D eigenvalue weighted by Gasteiger charge is -2.38. The third kappa shape index (κ3) is 2.49. The number of nitrogens with zero attached hydrogens (tertiary/aromatic N) is 1. The van der Waals surface area contributed by atoms with E-state index in [1.165, 1.54) is 12.7 Å². The van der Waals surface area contributed by atoms with E-state index in [0.717, 1.165) is 23.4 Å². The molecule has 26 heavy (non-hydrogen) atoms. The standard InChI is InChI=1S/C20H20N2O4/c1-25-17-10-9-12(11-16(17)22(23)24)19-14-6-3-5-13(14)15-7-4-8-18(26-2)20(15)21-19/h3-5,7-11,13-14,19,21H,6H2,1-2H3/t13-,14-,19+/m1/s1. The fourth-order valence-corrected chi connectivity index (χ4v) is 4.14. The van der Waals surface area contributed by atoms with Crippen LogP contribution in [0.5, 0.6) is 11.5 Å². The first-order valence-electron chi connectivity index (χ1n) is 8.56. The Hall–Kier alpha value is -3.02. The number of nitro benzene ring substituents is 1. The van der Waals surface area contributed by atoms with Gasteiger partial charge in [-0.05, 0) is 35.6 Å². The molecule has 0 saturated carbocycles. The second kappa shape index (κ2) is 6.37. The number of rotatable bonds is 4. The van der Waals surface area contributed by atoms with E-state index in [9.17, 15) is 10.1 Å². The molecule has 0 radical (unpaired) electrons. The van der Waals surface area contributed by atoms with Gasteiger partial charge in [-0.3, -0.25) is 10.1 Å². The summed E-state index contributed by atoms with van der Waals surface area (Å²) < 4.78 is 10.7. The summed E-state index contributed by atoms with van der Waals surface area (Å²) in [5.41, 5.74) is 3.04. The number of anilines is 1. The van der Waals surface area contributed by atoms with Gasteiger partial charge in [-0.1, -0.05) is 30.4 Å². The molecule has 0 bridgehead atoms. The Kier molecular flexibility index (Phi) is 4.03. The van der Waals surface area contributed by atoms with E-state index in [4.69, 9.17) is 9.47 Å². The molecule has 2 aromatic carbocycles. The van der Waals surface area contributed by atoms with Crippen molar-refractivity contribution in [2.45, 2.75) is 18.4 Å². The summed E-state index contributed by atoms with van der Waals surface area (Å²) in [4.78, 5) is 11.0. The van der Waals surface area contributed by atoms with Crippen LogP contribution >= 0.6 is 0 Å². The molecule has 1 heterocycles. The van der Waals surface area contributed by atoms with Crippen LogP contribution in [0.1, 0.15) is 29.5 Å². The fourth-order valence-electron chi connectivity index (χ4n) is 4.14. The molecule has 6 heteroatoms. The van der Waals surface area contributed by atoms with E-state index in [1.807, 2.05) is 18.2 Å². The van der Waals surface area contributed by atoms with Gasteiger partial charge in [-0.25, -0.2) is 0 Å². The van der Waals surface area contributed by atoms with Crippen molar-refractivity contribution in [3.05, 3.63) is 69.8 Å². The molecule has 2 aliphatic rings. The van der Waals surface area contributed by atoms with Crippen LogP contribution in [0.15, 0.2) is 48.6 Å². The predicted molar refractivity (Wildman–Crippen MR) is 99.0 cm³/mol. The van der Waals surface area contributed by atoms with Crippen LogP contribution in [0.2, 0.25) is 0 Å². The lowest BCUT2D eigenvalue weighted by atomic mass is 9.77. The number of para-hydroxylation sites is 1. The molecule has 134 valence electrons. The van der Waals surface area contributed by atoms with Gasteiger partial charge >= 0.3 is 5.69 Å². The van der Waals surface area contributed by atoms with Gasteiger partial charge in [-0.2, -0.15) is 0 Å². The number of benzene rings is 2. The van der Waals surface area contributed by atoms with Gasteiger partial charge in [0.15, 0.2) is 5.75 Å². The van der Waals surface area contributed by atoms with E-state index in [2.05, 4.69) is 23.5 Å². The Morgan fingerprint density at radius 2 is 1.96 bits per heavy atom. The largest absolute Gasteiger partial charge is 0.495 e. The molecule has 4 rings (SSSR count). The van der Waals surface area contributed by atoms with Crippen LogP contribution in [0.4, 0.5) is 11.4 Å². The summed E-state index contributed by atoms with van der Waals surface area (Å²) in [5, 5.41) is 15.0. The summed E-state index contributed by atoms with van der Waals surface area (Å²) in [6, 6.07) is 11.2. The summed E-state index contributed by atoms with van der Waals surface area (Å²) in [5.74, 6) is 1.64. The molecule has 0 fully saturated rings. The minimum Gasteiger partial charge on any atom is -0.495 e. The molecule has 6 nitrogen and oxygen atoms in total. The minimum atomic E-state index is -0.399. The highest BCUT2D eigenvalue weighted by atomic mass is 16.6. The van der Waals surface area contributed by atoms with E-state index in [-0.39, 0.29) is 23.4 Å². The Bertz CT molecular complexity index is 893. The molecular formula is C20H20N2O4. The maximum Gasteiger partial charge on any atom is 0.311 e. The first-order chi connectivity index (χ1) is 12.6. The third-order valence-corrected chi connectivity index (χ3v) is 5.34. The smallest absolute Gasteiger partial charge is 0.311 e. The Morgan fingerprint density at radius 1 is 1.15 bits per heavy atom.